The van der Waals surface area contributed by atoms with Crippen LogP contribution < -0.4 is 10.1 Å². The highest BCUT2D eigenvalue weighted by molar-refractivity contribution is 14.1. The third kappa shape index (κ3) is 3.46. The van der Waals surface area contributed by atoms with E-state index in [2.05, 4.69) is 52.2 Å². The first kappa shape index (κ1) is 15.0. The summed E-state index contributed by atoms with van der Waals surface area (Å²) in [5.41, 5.74) is 3.83. The molecular formula is C17H17ClINO. The van der Waals surface area contributed by atoms with Crippen LogP contribution in [-0.2, 0) is 12.8 Å². The van der Waals surface area contributed by atoms with E-state index in [0.29, 0.717) is 6.04 Å². The van der Waals surface area contributed by atoms with Gasteiger partial charge in [-0.2, -0.15) is 0 Å². The molecule has 1 atom stereocenters. The van der Waals surface area contributed by atoms with Crippen LogP contribution >= 0.6 is 34.2 Å². The maximum Gasteiger partial charge on any atom is 0.119 e. The van der Waals surface area contributed by atoms with Gasteiger partial charge in [-0.3, -0.25) is 0 Å². The minimum atomic E-state index is 0.419. The monoisotopic (exact) mass is 413 g/mol. The van der Waals surface area contributed by atoms with E-state index in [1.165, 1.54) is 11.1 Å². The van der Waals surface area contributed by atoms with Gasteiger partial charge in [0.2, 0.25) is 0 Å². The zero-order valence-corrected chi connectivity index (χ0v) is 14.7. The summed E-state index contributed by atoms with van der Waals surface area (Å²) in [6, 6.07) is 12.9. The second kappa shape index (κ2) is 6.44. The third-order valence-corrected chi connectivity index (χ3v) is 4.92. The number of methoxy groups -OCH3 is 1. The molecule has 0 bridgehead atoms. The van der Waals surface area contributed by atoms with E-state index in [9.17, 15) is 0 Å². The van der Waals surface area contributed by atoms with Gasteiger partial charge in [-0.05, 0) is 83.3 Å². The highest BCUT2D eigenvalue weighted by Gasteiger charge is 2.19. The van der Waals surface area contributed by atoms with Gasteiger partial charge >= 0.3 is 0 Å². The van der Waals surface area contributed by atoms with Gasteiger partial charge in [-0.15, -0.1) is 0 Å². The number of fused-ring (bicyclic) bond motifs is 1. The molecule has 2 aromatic carbocycles. The Bertz CT molecular complexity index is 659. The lowest BCUT2D eigenvalue weighted by Crippen LogP contribution is -2.27. The Labute approximate surface area is 144 Å². The van der Waals surface area contributed by atoms with Crippen LogP contribution in [-0.4, -0.2) is 13.2 Å². The summed E-state index contributed by atoms with van der Waals surface area (Å²) in [6.07, 6.45) is 3.23. The van der Waals surface area contributed by atoms with Crippen molar-refractivity contribution in [2.24, 2.45) is 0 Å². The van der Waals surface area contributed by atoms with Crippen LogP contribution in [0.15, 0.2) is 36.4 Å². The van der Waals surface area contributed by atoms with E-state index in [4.69, 9.17) is 16.3 Å². The Morgan fingerprint density at radius 2 is 2.05 bits per heavy atom. The van der Waals surface area contributed by atoms with Crippen LogP contribution in [0.2, 0.25) is 5.02 Å². The lowest BCUT2D eigenvalue weighted by molar-refractivity contribution is 0.413. The molecule has 0 saturated carbocycles. The maximum absolute atomic E-state index is 6.31. The molecule has 1 aliphatic carbocycles. The van der Waals surface area contributed by atoms with Crippen molar-refractivity contribution >= 4 is 39.9 Å². The molecule has 0 fully saturated rings. The Kier molecular flexibility index (Phi) is 4.60. The number of hydrogen-bond donors (Lipinski definition) is 1. The molecular weight excluding hydrogens is 397 g/mol. The van der Waals surface area contributed by atoms with Crippen molar-refractivity contribution in [2.45, 2.75) is 25.3 Å². The van der Waals surface area contributed by atoms with Crippen LogP contribution in [0.3, 0.4) is 0 Å². The number of benzene rings is 2. The van der Waals surface area contributed by atoms with Crippen LogP contribution in [0.5, 0.6) is 5.75 Å². The Morgan fingerprint density at radius 3 is 2.81 bits per heavy atom. The lowest BCUT2D eigenvalue weighted by Gasteiger charge is -2.27. The molecule has 1 N–H and O–H groups in total. The van der Waals surface area contributed by atoms with Crippen molar-refractivity contribution < 1.29 is 4.74 Å². The van der Waals surface area contributed by atoms with E-state index in [0.717, 1.165) is 39.3 Å². The molecule has 0 aliphatic heterocycles. The first-order valence-electron chi connectivity index (χ1n) is 7.03. The molecule has 3 rings (SSSR count). The highest BCUT2D eigenvalue weighted by Crippen LogP contribution is 2.30. The predicted octanol–water partition coefficient (Wildman–Crippen LogP) is 4.92. The molecule has 110 valence electrons. The second-order valence-corrected chi connectivity index (χ2v) is 7.00. The van der Waals surface area contributed by atoms with Gasteiger partial charge in [0.05, 0.1) is 17.8 Å². The average Bonchev–Trinajstić information content (AvgIpc) is 2.49. The van der Waals surface area contributed by atoms with E-state index < -0.39 is 0 Å². The maximum atomic E-state index is 6.31. The Hall–Kier alpha value is -0.940. The minimum absolute atomic E-state index is 0.419. The molecule has 0 radical (unpaired) electrons. The van der Waals surface area contributed by atoms with Gasteiger partial charge in [-0.25, -0.2) is 0 Å². The minimum Gasteiger partial charge on any atom is -0.497 e. The van der Waals surface area contributed by atoms with Crippen molar-refractivity contribution in [2.75, 3.05) is 12.4 Å². The number of hydrogen-bond acceptors (Lipinski definition) is 2. The number of anilines is 1. The van der Waals surface area contributed by atoms with E-state index in [-0.39, 0.29) is 0 Å². The van der Waals surface area contributed by atoms with Gasteiger partial charge in [0.15, 0.2) is 0 Å². The molecule has 21 heavy (non-hydrogen) atoms. The van der Waals surface area contributed by atoms with Crippen molar-refractivity contribution in [3.05, 3.63) is 56.1 Å². The summed E-state index contributed by atoms with van der Waals surface area (Å²) in [4.78, 5) is 0. The SMILES string of the molecule is COc1ccc2c(c1)CC(Nc1ccc(I)cc1Cl)CC2. The third-order valence-electron chi connectivity index (χ3n) is 3.93. The Balaban J connectivity index is 1.76. The van der Waals surface area contributed by atoms with Crippen molar-refractivity contribution in [1.82, 2.24) is 0 Å². The summed E-state index contributed by atoms with van der Waals surface area (Å²) in [5, 5.41) is 4.37. The normalized spacial score (nSPS) is 17.2. The number of halogens is 2. The number of rotatable bonds is 3. The summed E-state index contributed by atoms with van der Waals surface area (Å²) in [6.45, 7) is 0. The van der Waals surface area contributed by atoms with Crippen LogP contribution in [0.1, 0.15) is 17.5 Å². The van der Waals surface area contributed by atoms with Crippen molar-refractivity contribution in [3.63, 3.8) is 0 Å². The zero-order chi connectivity index (χ0) is 14.8. The quantitative estimate of drug-likeness (QED) is 0.721. The van der Waals surface area contributed by atoms with Gasteiger partial charge < -0.3 is 10.1 Å². The molecule has 4 heteroatoms. The first-order chi connectivity index (χ1) is 10.2. The first-order valence-corrected chi connectivity index (χ1v) is 8.49. The van der Waals surface area contributed by atoms with Gasteiger partial charge in [0, 0.05) is 9.61 Å². The molecule has 0 heterocycles. The van der Waals surface area contributed by atoms with Crippen LogP contribution in [0, 0.1) is 3.57 Å². The average molecular weight is 414 g/mol. The standard InChI is InChI=1S/C17H17ClINO/c1-21-15-6-3-11-2-5-14(8-12(11)9-15)20-17-7-4-13(19)10-16(17)18/h3-4,6-7,9-10,14,20H,2,5,8H2,1H3. The van der Waals surface area contributed by atoms with Gasteiger partial charge in [0.25, 0.3) is 0 Å². The number of nitrogens with one attached hydrogen (secondary N) is 1. The molecule has 0 saturated heterocycles. The zero-order valence-electron chi connectivity index (χ0n) is 11.8. The molecule has 2 nitrogen and oxygen atoms in total. The van der Waals surface area contributed by atoms with Crippen molar-refractivity contribution in [3.8, 4) is 5.75 Å². The van der Waals surface area contributed by atoms with E-state index in [1.54, 1.807) is 7.11 Å². The smallest absolute Gasteiger partial charge is 0.119 e. The predicted molar refractivity (Wildman–Crippen MR) is 96.6 cm³/mol. The molecule has 1 aliphatic rings. The fourth-order valence-corrected chi connectivity index (χ4v) is 3.72. The highest BCUT2D eigenvalue weighted by atomic mass is 127. The van der Waals surface area contributed by atoms with Gasteiger partial charge in [0.1, 0.15) is 5.75 Å². The molecule has 2 aromatic rings. The molecule has 0 aromatic heterocycles. The lowest BCUT2D eigenvalue weighted by atomic mass is 9.88. The summed E-state index contributed by atoms with van der Waals surface area (Å²) in [7, 11) is 1.71. The number of ether oxygens (including phenoxy) is 1. The topological polar surface area (TPSA) is 21.3 Å². The fourth-order valence-electron chi connectivity index (χ4n) is 2.81. The molecule has 0 spiro atoms. The fraction of sp³-hybridized carbons (Fsp3) is 0.294. The largest absolute Gasteiger partial charge is 0.497 e. The summed E-state index contributed by atoms with van der Waals surface area (Å²) >= 11 is 8.58. The Morgan fingerprint density at radius 1 is 1.19 bits per heavy atom. The molecule has 1 unspecified atom stereocenters. The summed E-state index contributed by atoms with van der Waals surface area (Å²) in [5.74, 6) is 0.932. The second-order valence-electron chi connectivity index (χ2n) is 5.34. The van der Waals surface area contributed by atoms with Crippen LogP contribution in [0.25, 0.3) is 0 Å². The van der Waals surface area contributed by atoms with E-state index >= 15 is 0 Å². The molecule has 0 amide bonds. The number of aryl methyl sites for hydroxylation is 1. The van der Waals surface area contributed by atoms with Crippen LogP contribution in [0.4, 0.5) is 5.69 Å². The van der Waals surface area contributed by atoms with Gasteiger partial charge in [-0.1, -0.05) is 17.7 Å². The van der Waals surface area contributed by atoms with E-state index in [1.807, 2.05) is 12.1 Å². The summed E-state index contributed by atoms with van der Waals surface area (Å²) < 4.78 is 6.48. The van der Waals surface area contributed by atoms with Crippen molar-refractivity contribution in [1.29, 1.82) is 0 Å².